The fraction of sp³-hybridized carbons (Fsp3) is 0.333. The van der Waals surface area contributed by atoms with Gasteiger partial charge in [-0.1, -0.05) is 11.6 Å². The minimum atomic E-state index is -1.08. The molecule has 0 unspecified atom stereocenters. The predicted octanol–water partition coefficient (Wildman–Crippen LogP) is 2.09. The maximum atomic E-state index is 11.6. The van der Waals surface area contributed by atoms with Gasteiger partial charge >= 0.3 is 5.97 Å². The molecule has 0 aliphatic heterocycles. The summed E-state index contributed by atoms with van der Waals surface area (Å²) >= 11 is 7.27. The molecule has 5 nitrogen and oxygen atoms in total. The molecule has 0 aromatic heterocycles. The molecular formula is C12H14ClNO4S. The van der Waals surface area contributed by atoms with Gasteiger partial charge < -0.3 is 15.5 Å². The molecule has 7 heteroatoms. The Bertz CT molecular complexity index is 467. The quantitative estimate of drug-likeness (QED) is 0.671. The van der Waals surface area contributed by atoms with E-state index in [2.05, 4.69) is 5.32 Å². The fourth-order valence-electron chi connectivity index (χ4n) is 1.27. The minimum absolute atomic E-state index is 0.0626. The number of rotatable bonds is 7. The number of aliphatic hydroxyl groups is 1. The van der Waals surface area contributed by atoms with Crippen molar-refractivity contribution >= 4 is 40.9 Å². The van der Waals surface area contributed by atoms with Crippen molar-refractivity contribution < 1.29 is 19.8 Å². The monoisotopic (exact) mass is 303 g/mol. The molecule has 0 fully saturated rings. The van der Waals surface area contributed by atoms with Gasteiger partial charge in [-0.15, -0.1) is 0 Å². The van der Waals surface area contributed by atoms with Gasteiger partial charge in [0.2, 0.25) is 5.91 Å². The van der Waals surface area contributed by atoms with Crippen molar-refractivity contribution in [2.24, 2.45) is 0 Å². The SMILES string of the molecule is O=C(CSCCCO)Nc1cc(C(=O)O)ccc1Cl. The van der Waals surface area contributed by atoms with Gasteiger partial charge in [-0.25, -0.2) is 4.79 Å². The van der Waals surface area contributed by atoms with Crippen molar-refractivity contribution in [3.8, 4) is 0 Å². The van der Waals surface area contributed by atoms with Crippen LogP contribution in [0.1, 0.15) is 16.8 Å². The van der Waals surface area contributed by atoms with E-state index < -0.39 is 5.97 Å². The number of nitrogens with one attached hydrogen (secondary N) is 1. The number of aliphatic hydroxyl groups excluding tert-OH is 1. The Morgan fingerprint density at radius 1 is 1.37 bits per heavy atom. The number of carbonyl (C=O) groups excluding carboxylic acids is 1. The van der Waals surface area contributed by atoms with Gasteiger partial charge in [0.05, 0.1) is 22.0 Å². The van der Waals surface area contributed by atoms with Crippen molar-refractivity contribution in [2.75, 3.05) is 23.4 Å². The zero-order chi connectivity index (χ0) is 14.3. The van der Waals surface area contributed by atoms with E-state index in [1.54, 1.807) is 0 Å². The highest BCUT2D eigenvalue weighted by atomic mass is 35.5. The summed E-state index contributed by atoms with van der Waals surface area (Å²) in [6.45, 7) is 0.0983. The van der Waals surface area contributed by atoms with Crippen molar-refractivity contribution in [3.05, 3.63) is 28.8 Å². The van der Waals surface area contributed by atoms with Crippen LogP contribution < -0.4 is 5.32 Å². The summed E-state index contributed by atoms with van der Waals surface area (Å²) in [7, 11) is 0. The second-order valence-electron chi connectivity index (χ2n) is 3.68. The molecule has 19 heavy (non-hydrogen) atoms. The average molecular weight is 304 g/mol. The van der Waals surface area contributed by atoms with E-state index in [4.69, 9.17) is 21.8 Å². The maximum Gasteiger partial charge on any atom is 0.335 e. The number of carboxylic acids is 1. The maximum absolute atomic E-state index is 11.6. The van der Waals surface area contributed by atoms with Gasteiger partial charge in [-0.2, -0.15) is 11.8 Å². The topological polar surface area (TPSA) is 86.6 Å². The number of carboxylic acid groups (broad SMARTS) is 1. The molecule has 104 valence electrons. The summed E-state index contributed by atoms with van der Waals surface area (Å²) in [5.41, 5.74) is 0.349. The van der Waals surface area contributed by atoms with Gasteiger partial charge in [0.1, 0.15) is 0 Å². The third kappa shape index (κ3) is 5.50. The van der Waals surface area contributed by atoms with Crippen LogP contribution in [0.15, 0.2) is 18.2 Å². The van der Waals surface area contributed by atoms with Crippen molar-refractivity contribution in [2.45, 2.75) is 6.42 Å². The summed E-state index contributed by atoms with van der Waals surface area (Å²) in [5.74, 6) is -0.419. The van der Waals surface area contributed by atoms with Crippen LogP contribution in [0, 0.1) is 0 Å². The molecule has 0 heterocycles. The number of amides is 1. The Hall–Kier alpha value is -1.24. The smallest absolute Gasteiger partial charge is 0.335 e. The van der Waals surface area contributed by atoms with Crippen molar-refractivity contribution in [1.29, 1.82) is 0 Å². The highest BCUT2D eigenvalue weighted by Crippen LogP contribution is 2.23. The summed E-state index contributed by atoms with van der Waals surface area (Å²) in [5, 5.41) is 20.3. The lowest BCUT2D eigenvalue weighted by Gasteiger charge is -2.08. The Labute approximate surface area is 120 Å². The van der Waals surface area contributed by atoms with Gasteiger partial charge in [0.15, 0.2) is 0 Å². The highest BCUT2D eigenvalue weighted by Gasteiger charge is 2.10. The van der Waals surface area contributed by atoms with Crippen LogP contribution in [0.3, 0.4) is 0 Å². The Balaban J connectivity index is 2.58. The van der Waals surface area contributed by atoms with E-state index in [9.17, 15) is 9.59 Å². The molecule has 0 saturated carbocycles. The lowest BCUT2D eigenvalue weighted by molar-refractivity contribution is -0.113. The first-order chi connectivity index (χ1) is 9.04. The third-order valence-corrected chi connectivity index (χ3v) is 3.54. The van der Waals surface area contributed by atoms with Crippen LogP contribution >= 0.6 is 23.4 Å². The zero-order valence-electron chi connectivity index (χ0n) is 10.1. The van der Waals surface area contributed by atoms with Crippen LogP contribution in [0.2, 0.25) is 5.02 Å². The molecule has 0 atom stereocenters. The molecule has 1 amide bonds. The second-order valence-corrected chi connectivity index (χ2v) is 5.19. The fourth-order valence-corrected chi connectivity index (χ4v) is 2.17. The molecule has 0 aliphatic rings. The van der Waals surface area contributed by atoms with E-state index in [-0.39, 0.29) is 29.5 Å². The van der Waals surface area contributed by atoms with Gasteiger partial charge in [-0.05, 0) is 30.4 Å². The van der Waals surface area contributed by atoms with Gasteiger partial charge in [0, 0.05) is 6.61 Å². The Morgan fingerprint density at radius 2 is 2.11 bits per heavy atom. The molecule has 1 aromatic rings. The zero-order valence-corrected chi connectivity index (χ0v) is 11.6. The normalized spacial score (nSPS) is 10.2. The molecule has 0 saturated heterocycles. The van der Waals surface area contributed by atoms with E-state index in [1.807, 2.05) is 0 Å². The third-order valence-electron chi connectivity index (χ3n) is 2.17. The number of anilines is 1. The standard InChI is InChI=1S/C12H14ClNO4S/c13-9-3-2-8(12(17)18)6-10(9)14-11(16)7-19-5-1-4-15/h2-3,6,15H,1,4-5,7H2,(H,14,16)(H,17,18). The number of hydrogen-bond donors (Lipinski definition) is 3. The Kier molecular flexibility index (Phi) is 6.69. The van der Waals surface area contributed by atoms with E-state index in [0.29, 0.717) is 17.2 Å². The van der Waals surface area contributed by atoms with Crippen LogP contribution in [-0.4, -0.2) is 40.2 Å². The first-order valence-electron chi connectivity index (χ1n) is 5.56. The van der Waals surface area contributed by atoms with E-state index in [1.165, 1.54) is 30.0 Å². The molecule has 0 bridgehead atoms. The molecule has 0 aliphatic carbocycles. The van der Waals surface area contributed by atoms with Crippen molar-refractivity contribution in [3.63, 3.8) is 0 Å². The average Bonchev–Trinajstić information content (AvgIpc) is 2.37. The lowest BCUT2D eigenvalue weighted by Crippen LogP contribution is -2.15. The molecule has 0 radical (unpaired) electrons. The van der Waals surface area contributed by atoms with Gasteiger partial charge in [-0.3, -0.25) is 4.79 Å². The predicted molar refractivity (Wildman–Crippen MR) is 76.1 cm³/mol. The second kappa shape index (κ2) is 8.04. The van der Waals surface area contributed by atoms with Crippen LogP contribution in [0.5, 0.6) is 0 Å². The first-order valence-corrected chi connectivity index (χ1v) is 7.09. The minimum Gasteiger partial charge on any atom is -0.478 e. The van der Waals surface area contributed by atoms with E-state index in [0.717, 1.165) is 0 Å². The summed E-state index contributed by atoms with van der Waals surface area (Å²) in [6, 6.07) is 4.12. The summed E-state index contributed by atoms with van der Waals surface area (Å²) in [4.78, 5) is 22.4. The number of benzene rings is 1. The number of halogens is 1. The first kappa shape index (κ1) is 15.8. The number of thioether (sulfide) groups is 1. The number of carbonyl (C=O) groups is 2. The number of aromatic carboxylic acids is 1. The van der Waals surface area contributed by atoms with Crippen LogP contribution in [-0.2, 0) is 4.79 Å². The molecule has 1 rings (SSSR count). The summed E-state index contributed by atoms with van der Waals surface area (Å²) in [6.07, 6.45) is 0.632. The molecule has 0 spiro atoms. The molecule has 1 aromatic carbocycles. The number of hydrogen-bond acceptors (Lipinski definition) is 4. The summed E-state index contributed by atoms with van der Waals surface area (Å²) < 4.78 is 0. The lowest BCUT2D eigenvalue weighted by atomic mass is 10.2. The Morgan fingerprint density at radius 3 is 2.74 bits per heavy atom. The van der Waals surface area contributed by atoms with E-state index >= 15 is 0 Å². The molecular weight excluding hydrogens is 290 g/mol. The largest absolute Gasteiger partial charge is 0.478 e. The van der Waals surface area contributed by atoms with Crippen LogP contribution in [0.4, 0.5) is 5.69 Å². The highest BCUT2D eigenvalue weighted by molar-refractivity contribution is 7.99. The molecule has 3 N–H and O–H groups in total. The van der Waals surface area contributed by atoms with Gasteiger partial charge in [0.25, 0.3) is 0 Å². The van der Waals surface area contributed by atoms with Crippen LogP contribution in [0.25, 0.3) is 0 Å². The van der Waals surface area contributed by atoms with Crippen molar-refractivity contribution in [1.82, 2.24) is 0 Å².